The summed E-state index contributed by atoms with van der Waals surface area (Å²) < 4.78 is 19.3. The first-order valence-corrected chi connectivity index (χ1v) is 23.5. The molecule has 1 unspecified atom stereocenters. The molecule has 324 valence electrons. The molecule has 0 radical (unpaired) electrons. The SMILES string of the molecule is CC(C)(C)OC(=O)N(CCCCC(=O)Nc1cccc(C(O)(C(=O)O)c2ccccc2)c1)C[C@H](O[Si](C)(C)C(C)(C)C)c1ccc(OCc2ccccc2)c2[nH]c(=O)ccc12. The molecular formula is C48H59N3O9Si. The van der Waals surface area contributed by atoms with Gasteiger partial charge in [0.25, 0.3) is 0 Å². The zero-order chi connectivity index (χ0) is 44.6. The number of ether oxygens (including phenoxy) is 2. The van der Waals surface area contributed by atoms with E-state index < -0.39 is 37.7 Å². The fraction of sp³-hybridized carbons (Fsp3) is 0.375. The predicted molar refractivity (Wildman–Crippen MR) is 240 cm³/mol. The summed E-state index contributed by atoms with van der Waals surface area (Å²) >= 11 is 0. The number of carboxylic acid groups (broad SMARTS) is 1. The number of aromatic amines is 1. The van der Waals surface area contributed by atoms with Crippen molar-refractivity contribution in [2.24, 2.45) is 0 Å². The molecule has 61 heavy (non-hydrogen) atoms. The summed E-state index contributed by atoms with van der Waals surface area (Å²) in [6.07, 6.45) is -0.171. The van der Waals surface area contributed by atoms with Crippen LogP contribution in [0, 0.1) is 0 Å². The second-order valence-corrected chi connectivity index (χ2v) is 22.6. The number of aliphatic hydroxyl groups is 1. The molecule has 1 heterocycles. The van der Waals surface area contributed by atoms with Gasteiger partial charge in [0.05, 0.1) is 18.2 Å². The van der Waals surface area contributed by atoms with Gasteiger partial charge in [0.2, 0.25) is 17.1 Å². The Kier molecular flexibility index (Phi) is 14.7. The van der Waals surface area contributed by atoms with Gasteiger partial charge in [-0.25, -0.2) is 9.59 Å². The molecule has 0 saturated carbocycles. The van der Waals surface area contributed by atoms with Crippen molar-refractivity contribution in [2.45, 2.75) is 103 Å². The van der Waals surface area contributed by atoms with E-state index in [1.807, 2.05) is 42.5 Å². The first-order chi connectivity index (χ1) is 28.7. The Hall–Kier alpha value is -5.76. The van der Waals surface area contributed by atoms with Crippen LogP contribution in [0.25, 0.3) is 10.9 Å². The van der Waals surface area contributed by atoms with Crippen LogP contribution in [0.2, 0.25) is 18.1 Å². The summed E-state index contributed by atoms with van der Waals surface area (Å²) in [5.74, 6) is -1.25. The van der Waals surface area contributed by atoms with Crippen LogP contribution >= 0.6 is 0 Å². The van der Waals surface area contributed by atoms with Gasteiger partial charge in [0, 0.05) is 35.7 Å². The average molecular weight is 850 g/mol. The van der Waals surface area contributed by atoms with E-state index in [9.17, 15) is 29.4 Å². The van der Waals surface area contributed by atoms with Crippen molar-refractivity contribution in [1.29, 1.82) is 0 Å². The smallest absolute Gasteiger partial charge is 0.410 e. The highest BCUT2D eigenvalue weighted by atomic mass is 28.4. The number of carbonyl (C=O) groups excluding carboxylic acids is 2. The third kappa shape index (κ3) is 12.0. The minimum absolute atomic E-state index is 0.0972. The monoisotopic (exact) mass is 849 g/mol. The summed E-state index contributed by atoms with van der Waals surface area (Å²) in [6.45, 7) is 16.9. The molecule has 12 nitrogen and oxygen atoms in total. The molecule has 0 saturated heterocycles. The zero-order valence-electron chi connectivity index (χ0n) is 36.4. The third-order valence-corrected chi connectivity index (χ3v) is 15.4. The van der Waals surface area contributed by atoms with Crippen LogP contribution in [-0.2, 0) is 31.0 Å². The number of unbranched alkanes of at least 4 members (excludes halogenated alkanes) is 1. The normalized spacial score (nSPS) is 13.5. The van der Waals surface area contributed by atoms with Gasteiger partial charge in [0.15, 0.2) is 8.32 Å². The van der Waals surface area contributed by atoms with Crippen molar-refractivity contribution in [3.63, 3.8) is 0 Å². The number of benzene rings is 4. The molecule has 5 aromatic rings. The van der Waals surface area contributed by atoms with Crippen molar-refractivity contribution in [2.75, 3.05) is 18.4 Å². The highest BCUT2D eigenvalue weighted by Gasteiger charge is 2.42. The molecule has 0 aliphatic heterocycles. The van der Waals surface area contributed by atoms with Crippen molar-refractivity contribution < 1.29 is 38.5 Å². The number of rotatable bonds is 17. The maximum absolute atomic E-state index is 14.0. The third-order valence-electron chi connectivity index (χ3n) is 10.9. The number of amides is 2. The van der Waals surface area contributed by atoms with E-state index in [1.54, 1.807) is 62.1 Å². The van der Waals surface area contributed by atoms with E-state index in [2.05, 4.69) is 44.2 Å². The van der Waals surface area contributed by atoms with Crippen LogP contribution in [0.3, 0.4) is 0 Å². The lowest BCUT2D eigenvalue weighted by atomic mass is 9.86. The number of aromatic nitrogens is 1. The van der Waals surface area contributed by atoms with Crippen molar-refractivity contribution in [3.05, 3.63) is 142 Å². The lowest BCUT2D eigenvalue weighted by Gasteiger charge is -2.41. The fourth-order valence-corrected chi connectivity index (χ4v) is 7.89. The number of anilines is 1. The van der Waals surface area contributed by atoms with Crippen LogP contribution in [-0.4, -0.2) is 65.1 Å². The van der Waals surface area contributed by atoms with Crippen LogP contribution in [0.1, 0.15) is 89.2 Å². The number of pyridine rings is 1. The van der Waals surface area contributed by atoms with Crippen LogP contribution in [0.5, 0.6) is 5.75 Å². The lowest BCUT2D eigenvalue weighted by Crippen LogP contribution is -2.46. The largest absolute Gasteiger partial charge is 0.487 e. The molecule has 0 aliphatic rings. The molecule has 4 aromatic carbocycles. The molecule has 13 heteroatoms. The summed E-state index contributed by atoms with van der Waals surface area (Å²) in [5, 5.41) is 24.7. The van der Waals surface area contributed by atoms with E-state index in [1.165, 1.54) is 30.3 Å². The molecule has 4 N–H and O–H groups in total. The number of nitrogens with zero attached hydrogens (tertiary/aromatic N) is 1. The van der Waals surface area contributed by atoms with E-state index in [0.717, 1.165) is 16.5 Å². The van der Waals surface area contributed by atoms with Gasteiger partial charge in [-0.15, -0.1) is 0 Å². The summed E-state index contributed by atoms with van der Waals surface area (Å²) in [5.41, 5.74) is -0.480. The minimum atomic E-state index is -2.49. The van der Waals surface area contributed by atoms with Crippen LogP contribution in [0.15, 0.2) is 114 Å². The van der Waals surface area contributed by atoms with Crippen molar-refractivity contribution in [1.82, 2.24) is 9.88 Å². The number of aliphatic carboxylic acids is 1. The zero-order valence-corrected chi connectivity index (χ0v) is 37.4. The van der Waals surface area contributed by atoms with Gasteiger partial charge in [-0.1, -0.05) is 99.6 Å². The molecule has 0 bridgehead atoms. The quantitative estimate of drug-likeness (QED) is 0.0526. The standard InChI is InChI=1S/C48H59N3O9Si/c1-46(2,3)59-45(56)51(29-16-15-24-41(52)49-36-23-17-22-35(30-36)48(57,44(54)55)34-20-13-10-14-21-34)31-40(60-61(7,8)47(4,5)6)37-25-27-39(43-38(37)26-28-42(53)50-43)58-32-33-18-11-9-12-19-33/h9-14,17-23,25-28,30,40,57H,15-16,24,29,31-32H2,1-8H3,(H,49,52)(H,50,53)(H,54,55)/t40-,48?/m0/s1. The summed E-state index contributed by atoms with van der Waals surface area (Å²) in [4.78, 5) is 56.8. The Morgan fingerprint density at radius 3 is 2.11 bits per heavy atom. The number of H-pyrrole nitrogens is 1. The Morgan fingerprint density at radius 2 is 1.48 bits per heavy atom. The van der Waals surface area contributed by atoms with E-state index in [-0.39, 0.29) is 47.1 Å². The first kappa shape index (κ1) is 46.3. The number of carboxylic acids is 1. The van der Waals surface area contributed by atoms with Crippen LogP contribution < -0.4 is 15.6 Å². The van der Waals surface area contributed by atoms with Gasteiger partial charge < -0.3 is 39.3 Å². The number of carbonyl (C=O) groups is 3. The molecule has 0 fully saturated rings. The Morgan fingerprint density at radius 1 is 0.820 bits per heavy atom. The predicted octanol–water partition coefficient (Wildman–Crippen LogP) is 9.54. The Labute approximate surface area is 359 Å². The average Bonchev–Trinajstić information content (AvgIpc) is 3.19. The van der Waals surface area contributed by atoms with Crippen molar-refractivity contribution >= 4 is 42.9 Å². The number of fused-ring (bicyclic) bond motifs is 1. The van der Waals surface area contributed by atoms with E-state index in [4.69, 9.17) is 13.9 Å². The fourth-order valence-electron chi connectivity index (χ4n) is 6.63. The van der Waals surface area contributed by atoms with Gasteiger partial charge in [-0.05, 0) is 92.7 Å². The van der Waals surface area contributed by atoms with E-state index >= 15 is 0 Å². The molecule has 5 rings (SSSR count). The van der Waals surface area contributed by atoms with Crippen molar-refractivity contribution in [3.8, 4) is 5.75 Å². The molecule has 1 aromatic heterocycles. The maximum Gasteiger partial charge on any atom is 0.410 e. The van der Waals surface area contributed by atoms with Gasteiger partial charge in [-0.3, -0.25) is 9.59 Å². The highest BCUT2D eigenvalue weighted by molar-refractivity contribution is 6.74. The first-order valence-electron chi connectivity index (χ1n) is 20.6. The second-order valence-electron chi connectivity index (χ2n) is 17.8. The summed E-state index contributed by atoms with van der Waals surface area (Å²) in [6, 6.07) is 31.0. The van der Waals surface area contributed by atoms with Gasteiger partial charge in [-0.2, -0.15) is 0 Å². The topological polar surface area (TPSA) is 167 Å². The summed E-state index contributed by atoms with van der Waals surface area (Å²) in [7, 11) is -2.49. The molecule has 2 amide bonds. The molecule has 2 atom stereocenters. The number of nitrogens with one attached hydrogen (secondary N) is 2. The second kappa shape index (κ2) is 19.3. The van der Waals surface area contributed by atoms with Crippen LogP contribution in [0.4, 0.5) is 10.5 Å². The number of hydrogen-bond acceptors (Lipinski definition) is 8. The Balaban J connectivity index is 1.37. The maximum atomic E-state index is 14.0. The minimum Gasteiger partial charge on any atom is -0.487 e. The van der Waals surface area contributed by atoms with E-state index in [0.29, 0.717) is 36.4 Å². The van der Waals surface area contributed by atoms with Gasteiger partial charge in [0.1, 0.15) is 18.0 Å². The molecule has 0 aliphatic carbocycles. The molecular weight excluding hydrogens is 791 g/mol. The highest BCUT2D eigenvalue weighted by Crippen LogP contribution is 2.42. The lowest BCUT2D eigenvalue weighted by molar-refractivity contribution is -0.155. The number of hydrogen-bond donors (Lipinski definition) is 4. The Bertz CT molecular complexity index is 2350. The molecule has 0 spiro atoms. The van der Waals surface area contributed by atoms with Gasteiger partial charge >= 0.3 is 12.1 Å².